The summed E-state index contributed by atoms with van der Waals surface area (Å²) < 4.78 is 0. The molecule has 0 spiro atoms. The highest BCUT2D eigenvalue weighted by atomic mass is 16.1. The Balaban J connectivity index is 0. The maximum atomic E-state index is 8.35. The zero-order valence-corrected chi connectivity index (χ0v) is 7.10. The van der Waals surface area contributed by atoms with Crippen LogP contribution in [-0.4, -0.2) is 27.8 Å². The van der Waals surface area contributed by atoms with Crippen molar-refractivity contribution in [1.29, 1.82) is 5.41 Å². The van der Waals surface area contributed by atoms with Crippen LogP contribution in [-0.2, 0) is 9.59 Å². The number of isocyanates is 1. The maximum Gasteiger partial charge on any atom is 0.231 e. The van der Waals surface area contributed by atoms with Gasteiger partial charge in [-0.3, -0.25) is 0 Å². The topological polar surface area (TPSA) is 175 Å². The molecule has 0 amide bonds. The van der Waals surface area contributed by atoms with E-state index < -0.39 is 0 Å². The van der Waals surface area contributed by atoms with Crippen LogP contribution in [0.5, 0.6) is 0 Å². The van der Waals surface area contributed by atoms with E-state index in [1.54, 1.807) is 0 Å². The molecule has 0 unspecified atom stereocenters. The molecular weight excluding hydrogens is 190 g/mol. The van der Waals surface area contributed by atoms with Crippen LogP contribution in [0.25, 0.3) is 0 Å². The number of carbonyl (C=O) groups excluding carboxylic acids is 2. The average molecular weight is 199 g/mol. The first kappa shape index (κ1) is 14.0. The van der Waals surface area contributed by atoms with Crippen molar-refractivity contribution in [2.24, 2.45) is 0 Å². The highest BCUT2D eigenvalue weighted by molar-refractivity contribution is 5.33. The number of nitrogen functional groups attached to an aromatic ring is 3. The fraction of sp³-hybridized carbons (Fsp3) is 0. The molecule has 9 heteroatoms. The van der Waals surface area contributed by atoms with E-state index in [-0.39, 0.29) is 17.8 Å². The molecule has 76 valence electrons. The molecule has 0 aliphatic heterocycles. The molecule has 0 aromatic carbocycles. The molecule has 1 aromatic rings. The van der Waals surface area contributed by atoms with Gasteiger partial charge in [-0.05, 0) is 0 Å². The van der Waals surface area contributed by atoms with Crippen molar-refractivity contribution >= 4 is 30.7 Å². The third-order valence-corrected chi connectivity index (χ3v) is 0.687. The van der Waals surface area contributed by atoms with Crippen molar-refractivity contribution in [2.75, 3.05) is 17.2 Å². The lowest BCUT2D eigenvalue weighted by molar-refractivity contribution is -0.0979. The van der Waals surface area contributed by atoms with Crippen molar-refractivity contribution in [2.45, 2.75) is 0 Å². The van der Waals surface area contributed by atoms with Crippen molar-refractivity contribution in [3.63, 3.8) is 0 Å². The van der Waals surface area contributed by atoms with E-state index in [1.807, 2.05) is 6.79 Å². The SMILES string of the molecule is C=O.N=C=O.Nc1nc(N)nc(N)n1. The summed E-state index contributed by atoms with van der Waals surface area (Å²) in [6, 6.07) is 0. The summed E-state index contributed by atoms with van der Waals surface area (Å²) in [5.41, 5.74) is 15.4. The number of hydrogen-bond acceptors (Lipinski definition) is 9. The van der Waals surface area contributed by atoms with Crippen molar-refractivity contribution in [3.8, 4) is 0 Å². The van der Waals surface area contributed by atoms with Gasteiger partial charge in [0.2, 0.25) is 23.9 Å². The number of nitrogens with one attached hydrogen (secondary N) is 1. The van der Waals surface area contributed by atoms with Gasteiger partial charge in [0.05, 0.1) is 0 Å². The third kappa shape index (κ3) is 7.57. The first-order valence-corrected chi connectivity index (χ1v) is 2.95. The molecule has 9 nitrogen and oxygen atoms in total. The van der Waals surface area contributed by atoms with E-state index in [4.69, 9.17) is 32.2 Å². The molecule has 0 saturated carbocycles. The monoisotopic (exact) mass is 199 g/mol. The van der Waals surface area contributed by atoms with Gasteiger partial charge < -0.3 is 22.0 Å². The van der Waals surface area contributed by atoms with Gasteiger partial charge in [0.15, 0.2) is 0 Å². The fourth-order valence-corrected chi connectivity index (χ4v) is 0.427. The van der Waals surface area contributed by atoms with Crippen LogP contribution in [0.15, 0.2) is 0 Å². The average Bonchev–Trinajstić information content (AvgIpc) is 2.06. The molecule has 0 atom stereocenters. The van der Waals surface area contributed by atoms with Gasteiger partial charge in [0, 0.05) is 0 Å². The summed E-state index contributed by atoms with van der Waals surface area (Å²) in [7, 11) is 0. The molecule has 0 fully saturated rings. The van der Waals surface area contributed by atoms with Crippen molar-refractivity contribution in [3.05, 3.63) is 0 Å². The number of anilines is 3. The van der Waals surface area contributed by atoms with Gasteiger partial charge in [-0.15, -0.1) is 0 Å². The zero-order valence-electron chi connectivity index (χ0n) is 7.10. The standard InChI is InChI=1S/C3H6N6.CHNO.CH2O/c4-1-7-2(5)9-3(6)8-1;2-1-3;1-2/h(H6,4,5,6,7,8,9);2H;1H2. The van der Waals surface area contributed by atoms with E-state index in [0.717, 1.165) is 6.08 Å². The summed E-state index contributed by atoms with van der Waals surface area (Å²) >= 11 is 0. The van der Waals surface area contributed by atoms with E-state index in [1.165, 1.54) is 0 Å². The molecule has 0 radical (unpaired) electrons. The second kappa shape index (κ2) is 8.56. The van der Waals surface area contributed by atoms with Crippen LogP contribution in [0.1, 0.15) is 0 Å². The molecule has 0 bridgehead atoms. The Morgan fingerprint density at radius 3 is 1.29 bits per heavy atom. The van der Waals surface area contributed by atoms with Crippen molar-refractivity contribution < 1.29 is 9.59 Å². The van der Waals surface area contributed by atoms with Crippen LogP contribution in [0, 0.1) is 5.41 Å². The number of carbonyl (C=O) groups is 1. The summed E-state index contributed by atoms with van der Waals surface area (Å²) in [4.78, 5) is 26.8. The molecular formula is C5H9N7O2. The van der Waals surface area contributed by atoms with E-state index in [9.17, 15) is 0 Å². The van der Waals surface area contributed by atoms with Gasteiger partial charge in [0.25, 0.3) is 0 Å². The highest BCUT2D eigenvalue weighted by Gasteiger charge is 1.93. The van der Waals surface area contributed by atoms with Crippen LogP contribution in [0.4, 0.5) is 17.8 Å². The fourth-order valence-electron chi connectivity index (χ4n) is 0.427. The summed E-state index contributed by atoms with van der Waals surface area (Å²) in [5, 5.41) is 5.40. The zero-order chi connectivity index (χ0) is 11.6. The summed E-state index contributed by atoms with van der Waals surface area (Å²) in [6.45, 7) is 2.00. The van der Waals surface area contributed by atoms with E-state index in [0.29, 0.717) is 0 Å². The van der Waals surface area contributed by atoms with E-state index >= 15 is 0 Å². The van der Waals surface area contributed by atoms with Crippen molar-refractivity contribution in [1.82, 2.24) is 15.0 Å². The van der Waals surface area contributed by atoms with Crippen LogP contribution >= 0.6 is 0 Å². The second-order valence-electron chi connectivity index (χ2n) is 1.51. The first-order chi connectivity index (χ1) is 6.60. The molecule has 0 saturated heterocycles. The number of rotatable bonds is 0. The van der Waals surface area contributed by atoms with Crippen LogP contribution in [0.3, 0.4) is 0 Å². The first-order valence-electron chi connectivity index (χ1n) is 2.95. The number of nitrogens with two attached hydrogens (primary N) is 3. The molecule has 0 aliphatic rings. The van der Waals surface area contributed by atoms with E-state index in [2.05, 4.69) is 15.0 Å². The quantitative estimate of drug-likeness (QED) is 0.283. The number of hydrogen-bond donors (Lipinski definition) is 4. The second-order valence-corrected chi connectivity index (χ2v) is 1.51. The Bertz CT molecular complexity index is 258. The molecule has 0 aliphatic carbocycles. The van der Waals surface area contributed by atoms with Gasteiger partial charge in [-0.25, -0.2) is 10.2 Å². The number of nitrogens with zero attached hydrogens (tertiary/aromatic N) is 3. The van der Waals surface area contributed by atoms with Gasteiger partial charge in [-0.2, -0.15) is 15.0 Å². The Morgan fingerprint density at radius 1 is 1.00 bits per heavy atom. The van der Waals surface area contributed by atoms with Gasteiger partial charge in [-0.1, -0.05) is 0 Å². The lowest BCUT2D eigenvalue weighted by atomic mass is 10.9. The Morgan fingerprint density at radius 2 is 1.14 bits per heavy atom. The minimum atomic E-state index is 0.0417. The van der Waals surface area contributed by atoms with Crippen LogP contribution in [0.2, 0.25) is 0 Å². The smallest absolute Gasteiger partial charge is 0.231 e. The molecule has 1 heterocycles. The predicted octanol–water partition coefficient (Wildman–Crippen LogP) is -1.67. The lowest BCUT2D eigenvalue weighted by Gasteiger charge is -1.93. The maximum absolute atomic E-state index is 8.35. The van der Waals surface area contributed by atoms with Gasteiger partial charge in [0.1, 0.15) is 6.79 Å². The largest absolute Gasteiger partial charge is 0.368 e. The van der Waals surface area contributed by atoms with Crippen LogP contribution < -0.4 is 17.2 Å². The normalized spacial score (nSPS) is 6.86. The Hall–Kier alpha value is -2.54. The Kier molecular flexibility index (Phi) is 8.56. The minimum Gasteiger partial charge on any atom is -0.368 e. The third-order valence-electron chi connectivity index (χ3n) is 0.687. The summed E-state index contributed by atoms with van der Waals surface area (Å²) in [6.07, 6.45) is 0.750. The Labute approximate surface area is 78.9 Å². The van der Waals surface area contributed by atoms with Gasteiger partial charge >= 0.3 is 0 Å². The minimum absolute atomic E-state index is 0.0417. The molecule has 1 aromatic heterocycles. The lowest BCUT2D eigenvalue weighted by Crippen LogP contribution is -2.05. The molecule has 1 rings (SSSR count). The number of aromatic nitrogens is 3. The predicted molar refractivity (Wildman–Crippen MR) is 48.6 cm³/mol. The highest BCUT2D eigenvalue weighted by Crippen LogP contribution is 1.97. The summed E-state index contributed by atoms with van der Waals surface area (Å²) in [5.74, 6) is 0.125. The molecule has 14 heavy (non-hydrogen) atoms. The molecule has 7 N–H and O–H groups in total.